The van der Waals surface area contributed by atoms with Gasteiger partial charge < -0.3 is 10.1 Å². The van der Waals surface area contributed by atoms with Crippen molar-refractivity contribution in [1.29, 1.82) is 0 Å². The van der Waals surface area contributed by atoms with Crippen LogP contribution in [-0.2, 0) is 19.7 Å². The van der Waals surface area contributed by atoms with Crippen molar-refractivity contribution in [2.75, 3.05) is 11.9 Å². The summed E-state index contributed by atoms with van der Waals surface area (Å²) in [6.07, 6.45) is 2.73. The van der Waals surface area contributed by atoms with Gasteiger partial charge in [0.1, 0.15) is 5.82 Å². The number of hydrogen-bond acceptors (Lipinski definition) is 3. The van der Waals surface area contributed by atoms with Crippen molar-refractivity contribution in [1.82, 2.24) is 0 Å². The van der Waals surface area contributed by atoms with Crippen molar-refractivity contribution in [3.8, 4) is 0 Å². The van der Waals surface area contributed by atoms with Gasteiger partial charge in [0.15, 0.2) is 6.61 Å². The van der Waals surface area contributed by atoms with Gasteiger partial charge >= 0.3 is 5.97 Å². The molecule has 0 atom stereocenters. The number of carbonyl (C=O) groups excluding carboxylic acids is 2. The topological polar surface area (TPSA) is 55.4 Å². The highest BCUT2D eigenvalue weighted by atomic mass is 127. The largest absolute Gasteiger partial charge is 0.455 e. The third-order valence-electron chi connectivity index (χ3n) is 4.70. The molecular weight excluding hydrogens is 448 g/mol. The zero-order chi connectivity index (χ0) is 18.6. The number of hydrogen-bond donors (Lipinski definition) is 1. The van der Waals surface area contributed by atoms with Crippen molar-refractivity contribution in [2.45, 2.75) is 31.1 Å². The summed E-state index contributed by atoms with van der Waals surface area (Å²) in [7, 11) is 0. The Morgan fingerprint density at radius 3 is 2.38 bits per heavy atom. The molecule has 3 rings (SSSR count). The van der Waals surface area contributed by atoms with Gasteiger partial charge in [-0.2, -0.15) is 0 Å². The van der Waals surface area contributed by atoms with Gasteiger partial charge in [0.05, 0.1) is 5.41 Å². The molecular formula is C20H19FINO3. The first-order valence-electron chi connectivity index (χ1n) is 8.49. The van der Waals surface area contributed by atoms with Gasteiger partial charge in [-0.15, -0.1) is 0 Å². The number of rotatable bonds is 5. The van der Waals surface area contributed by atoms with Crippen LogP contribution in [0.1, 0.15) is 31.2 Å². The minimum atomic E-state index is -0.992. The number of nitrogens with one attached hydrogen (secondary N) is 1. The zero-order valence-corrected chi connectivity index (χ0v) is 16.3. The Hall–Kier alpha value is -1.96. The maximum atomic E-state index is 14.3. The molecule has 26 heavy (non-hydrogen) atoms. The maximum Gasteiger partial charge on any atom is 0.317 e. The Balaban J connectivity index is 1.66. The van der Waals surface area contributed by atoms with Gasteiger partial charge in [-0.25, -0.2) is 4.39 Å². The SMILES string of the molecule is O=C(COC(=O)C1(c2ccccc2F)CCCC1)Nc1ccc(I)cc1. The molecule has 0 radical (unpaired) electrons. The number of amides is 1. The van der Waals surface area contributed by atoms with Crippen LogP contribution in [-0.4, -0.2) is 18.5 Å². The molecule has 0 unspecified atom stereocenters. The summed E-state index contributed by atoms with van der Waals surface area (Å²) in [5.41, 5.74) is 0.00535. The van der Waals surface area contributed by atoms with E-state index in [2.05, 4.69) is 27.9 Å². The van der Waals surface area contributed by atoms with Crippen LogP contribution in [0.4, 0.5) is 10.1 Å². The molecule has 0 spiro atoms. The molecule has 2 aromatic carbocycles. The third kappa shape index (κ3) is 4.06. The van der Waals surface area contributed by atoms with Gasteiger partial charge in [-0.3, -0.25) is 9.59 Å². The van der Waals surface area contributed by atoms with Crippen LogP contribution in [0.25, 0.3) is 0 Å². The first-order chi connectivity index (χ1) is 12.5. The molecule has 0 aromatic heterocycles. The maximum absolute atomic E-state index is 14.3. The van der Waals surface area contributed by atoms with Crippen molar-refractivity contribution < 1.29 is 18.7 Å². The predicted octanol–water partition coefficient (Wildman–Crippen LogP) is 4.42. The molecule has 0 aliphatic heterocycles. The number of esters is 1. The summed E-state index contributed by atoms with van der Waals surface area (Å²) >= 11 is 2.17. The molecule has 1 aliphatic rings. The average Bonchev–Trinajstić information content (AvgIpc) is 3.13. The molecule has 1 saturated carbocycles. The lowest BCUT2D eigenvalue weighted by molar-refractivity contribution is -0.153. The van der Waals surface area contributed by atoms with Gasteiger partial charge in [-0.05, 0) is 65.8 Å². The number of carbonyl (C=O) groups is 2. The summed E-state index contributed by atoms with van der Waals surface area (Å²) in [6.45, 7) is -0.388. The van der Waals surface area contributed by atoms with Crippen molar-refractivity contribution in [3.63, 3.8) is 0 Å². The van der Waals surface area contributed by atoms with E-state index in [1.807, 2.05) is 12.1 Å². The van der Waals surface area contributed by atoms with E-state index in [1.165, 1.54) is 6.07 Å². The molecule has 0 heterocycles. The number of anilines is 1. The molecule has 1 aliphatic carbocycles. The van der Waals surface area contributed by atoms with Crippen LogP contribution in [0.3, 0.4) is 0 Å². The predicted molar refractivity (Wildman–Crippen MR) is 105 cm³/mol. The molecule has 4 nitrogen and oxygen atoms in total. The third-order valence-corrected chi connectivity index (χ3v) is 5.42. The first kappa shape index (κ1) is 18.8. The summed E-state index contributed by atoms with van der Waals surface area (Å²) < 4.78 is 20.6. The van der Waals surface area contributed by atoms with Gasteiger partial charge in [0.25, 0.3) is 5.91 Å². The molecule has 0 bridgehead atoms. The van der Waals surface area contributed by atoms with Crippen LogP contribution in [0.2, 0.25) is 0 Å². The second-order valence-electron chi connectivity index (χ2n) is 6.40. The molecule has 136 valence electrons. The van der Waals surface area contributed by atoms with Crippen molar-refractivity contribution >= 4 is 40.2 Å². The summed E-state index contributed by atoms with van der Waals surface area (Å²) in [5.74, 6) is -1.35. The van der Waals surface area contributed by atoms with Crippen LogP contribution in [0.5, 0.6) is 0 Å². The molecule has 2 aromatic rings. The van der Waals surface area contributed by atoms with E-state index in [4.69, 9.17) is 4.74 Å². The standard InChI is InChI=1S/C20H19FINO3/c21-17-6-2-1-5-16(17)20(11-3-4-12-20)19(25)26-13-18(24)23-15-9-7-14(22)8-10-15/h1-2,5-10H,3-4,11-13H2,(H,23,24). The van der Waals surface area contributed by atoms with E-state index in [0.717, 1.165) is 16.4 Å². The van der Waals surface area contributed by atoms with Gasteiger partial charge in [0.2, 0.25) is 0 Å². The minimum Gasteiger partial charge on any atom is -0.455 e. The number of benzene rings is 2. The fraction of sp³-hybridized carbons (Fsp3) is 0.300. The Bertz CT molecular complexity index is 801. The van der Waals surface area contributed by atoms with Crippen molar-refractivity contribution in [3.05, 3.63) is 63.5 Å². The highest BCUT2D eigenvalue weighted by Gasteiger charge is 2.45. The molecule has 1 fully saturated rings. The fourth-order valence-corrected chi connectivity index (χ4v) is 3.77. The Labute approximate surface area is 165 Å². The second-order valence-corrected chi connectivity index (χ2v) is 7.65. The van der Waals surface area contributed by atoms with E-state index in [9.17, 15) is 14.0 Å². The van der Waals surface area contributed by atoms with E-state index >= 15 is 0 Å². The van der Waals surface area contributed by atoms with Crippen LogP contribution in [0.15, 0.2) is 48.5 Å². The second kappa shape index (κ2) is 8.16. The highest BCUT2D eigenvalue weighted by molar-refractivity contribution is 14.1. The number of halogens is 2. The van der Waals surface area contributed by atoms with E-state index < -0.39 is 23.1 Å². The highest BCUT2D eigenvalue weighted by Crippen LogP contribution is 2.43. The van der Waals surface area contributed by atoms with E-state index in [0.29, 0.717) is 24.1 Å². The van der Waals surface area contributed by atoms with Crippen LogP contribution < -0.4 is 5.32 Å². The average molecular weight is 467 g/mol. The normalized spacial score (nSPS) is 15.5. The monoisotopic (exact) mass is 467 g/mol. The lowest BCUT2D eigenvalue weighted by Gasteiger charge is -2.27. The summed E-state index contributed by atoms with van der Waals surface area (Å²) in [6, 6.07) is 13.6. The van der Waals surface area contributed by atoms with Gasteiger partial charge in [-0.1, -0.05) is 31.0 Å². The van der Waals surface area contributed by atoms with Crippen molar-refractivity contribution in [2.24, 2.45) is 0 Å². The Morgan fingerprint density at radius 1 is 1.08 bits per heavy atom. The summed E-state index contributed by atoms with van der Waals surface area (Å²) in [4.78, 5) is 24.8. The number of ether oxygens (including phenoxy) is 1. The molecule has 1 N–H and O–H groups in total. The van der Waals surface area contributed by atoms with Crippen LogP contribution >= 0.6 is 22.6 Å². The van der Waals surface area contributed by atoms with E-state index in [-0.39, 0.29) is 6.61 Å². The lowest BCUT2D eigenvalue weighted by atomic mass is 9.78. The van der Waals surface area contributed by atoms with E-state index in [1.54, 1.807) is 30.3 Å². The Morgan fingerprint density at radius 2 is 1.73 bits per heavy atom. The Kier molecular flexibility index (Phi) is 5.90. The minimum absolute atomic E-state index is 0.362. The van der Waals surface area contributed by atoms with Crippen LogP contribution in [0, 0.1) is 9.39 Å². The molecule has 0 saturated heterocycles. The summed E-state index contributed by atoms with van der Waals surface area (Å²) in [5, 5.41) is 2.69. The quantitative estimate of drug-likeness (QED) is 0.523. The first-order valence-corrected chi connectivity index (χ1v) is 9.57. The van der Waals surface area contributed by atoms with Gasteiger partial charge in [0, 0.05) is 14.8 Å². The molecule has 1 amide bonds. The lowest BCUT2D eigenvalue weighted by Crippen LogP contribution is -2.37. The molecule has 6 heteroatoms. The fourth-order valence-electron chi connectivity index (χ4n) is 3.41. The smallest absolute Gasteiger partial charge is 0.317 e. The zero-order valence-electron chi connectivity index (χ0n) is 14.1.